The smallest absolute Gasteiger partial charge is 0.305 e. The number of aromatic nitrogens is 2. The third-order valence-electron chi connectivity index (χ3n) is 4.63. The topological polar surface area (TPSA) is 84.1 Å². The van der Waals surface area contributed by atoms with Gasteiger partial charge in [-0.1, -0.05) is 37.1 Å². The second-order valence-electron chi connectivity index (χ2n) is 6.75. The van der Waals surface area contributed by atoms with Gasteiger partial charge in [-0.05, 0) is 49.1 Å². The van der Waals surface area contributed by atoms with Gasteiger partial charge >= 0.3 is 5.97 Å². The second kappa shape index (κ2) is 9.69. The molecular formula is C22H25N3O3. The number of hydrogen-bond acceptors (Lipinski definition) is 5. The lowest BCUT2D eigenvalue weighted by molar-refractivity contribution is -0.140. The standard InChI is InChI=1S/C22H25N3O3/c1-28-20(26)14-5-3-2-4-9-16-10-8-11-17(15-16)23-22-24-19-13-7-6-12-18(19)21(27)25-22/h6-8,10-13,15H,2-5,9,14H2,1H3,(H2,23,24,25,27). The van der Waals surface area contributed by atoms with Gasteiger partial charge in [-0.25, -0.2) is 4.98 Å². The Morgan fingerprint density at radius 2 is 1.89 bits per heavy atom. The number of carbonyl (C=O) groups excluding carboxylic acids is 1. The summed E-state index contributed by atoms with van der Waals surface area (Å²) in [6.45, 7) is 0. The van der Waals surface area contributed by atoms with E-state index in [9.17, 15) is 9.59 Å². The van der Waals surface area contributed by atoms with Crippen molar-refractivity contribution in [3.63, 3.8) is 0 Å². The normalized spacial score (nSPS) is 10.8. The molecule has 6 heteroatoms. The van der Waals surface area contributed by atoms with Gasteiger partial charge in [0.25, 0.3) is 5.56 Å². The molecule has 146 valence electrons. The van der Waals surface area contributed by atoms with Crippen molar-refractivity contribution in [1.29, 1.82) is 0 Å². The van der Waals surface area contributed by atoms with Crippen LogP contribution in [0.25, 0.3) is 10.9 Å². The van der Waals surface area contributed by atoms with Gasteiger partial charge in [0.1, 0.15) is 0 Å². The Morgan fingerprint density at radius 1 is 1.07 bits per heavy atom. The quantitative estimate of drug-likeness (QED) is 0.427. The Hall–Kier alpha value is -3.15. The van der Waals surface area contributed by atoms with Crippen molar-refractivity contribution >= 4 is 28.5 Å². The monoisotopic (exact) mass is 379 g/mol. The van der Waals surface area contributed by atoms with Crippen LogP contribution in [0.1, 0.15) is 37.7 Å². The van der Waals surface area contributed by atoms with Crippen LogP contribution in [-0.4, -0.2) is 23.0 Å². The lowest BCUT2D eigenvalue weighted by Crippen LogP contribution is -2.11. The van der Waals surface area contributed by atoms with Crippen LogP contribution in [0.5, 0.6) is 0 Å². The van der Waals surface area contributed by atoms with Crippen molar-refractivity contribution in [3.8, 4) is 0 Å². The summed E-state index contributed by atoms with van der Waals surface area (Å²) in [5.41, 5.74) is 2.62. The van der Waals surface area contributed by atoms with Gasteiger partial charge in [-0.2, -0.15) is 0 Å². The Kier molecular flexibility index (Phi) is 6.78. The number of benzene rings is 2. The number of esters is 1. The summed E-state index contributed by atoms with van der Waals surface area (Å²) in [6, 6.07) is 15.4. The highest BCUT2D eigenvalue weighted by Gasteiger charge is 2.04. The van der Waals surface area contributed by atoms with Gasteiger partial charge in [0.05, 0.1) is 18.0 Å². The molecule has 0 spiro atoms. The summed E-state index contributed by atoms with van der Waals surface area (Å²) in [5.74, 6) is 0.294. The molecule has 2 aromatic carbocycles. The Bertz CT molecular complexity index is 997. The molecule has 0 aliphatic heterocycles. The van der Waals surface area contributed by atoms with E-state index in [0.29, 0.717) is 23.3 Å². The summed E-state index contributed by atoms with van der Waals surface area (Å²) >= 11 is 0. The largest absolute Gasteiger partial charge is 0.469 e. The molecule has 28 heavy (non-hydrogen) atoms. The Labute approximate surface area is 164 Å². The fourth-order valence-corrected chi connectivity index (χ4v) is 3.14. The highest BCUT2D eigenvalue weighted by atomic mass is 16.5. The number of rotatable bonds is 9. The Balaban J connectivity index is 1.55. The van der Waals surface area contributed by atoms with Crippen LogP contribution in [0.2, 0.25) is 0 Å². The molecule has 0 bridgehead atoms. The van der Waals surface area contributed by atoms with Gasteiger partial charge in [0.2, 0.25) is 5.95 Å². The molecule has 0 unspecified atom stereocenters. The average Bonchev–Trinajstić information content (AvgIpc) is 2.70. The minimum atomic E-state index is -0.156. The molecule has 0 aliphatic rings. The number of aromatic amines is 1. The maximum Gasteiger partial charge on any atom is 0.305 e. The first-order chi connectivity index (χ1) is 13.7. The van der Waals surface area contributed by atoms with E-state index in [0.717, 1.165) is 37.8 Å². The van der Waals surface area contributed by atoms with E-state index in [4.69, 9.17) is 0 Å². The SMILES string of the molecule is COC(=O)CCCCCCc1cccc(Nc2nc3ccccc3c(=O)[nH]2)c1. The lowest BCUT2D eigenvalue weighted by atomic mass is 10.0. The number of anilines is 2. The summed E-state index contributed by atoms with van der Waals surface area (Å²) in [4.78, 5) is 30.5. The molecule has 2 N–H and O–H groups in total. The average molecular weight is 379 g/mol. The molecule has 3 rings (SSSR count). The van der Waals surface area contributed by atoms with E-state index in [1.165, 1.54) is 12.7 Å². The first kappa shape index (κ1) is 19.6. The number of nitrogens with one attached hydrogen (secondary N) is 2. The third-order valence-corrected chi connectivity index (χ3v) is 4.63. The summed E-state index contributed by atoms with van der Waals surface area (Å²) in [6.07, 6.45) is 5.50. The van der Waals surface area contributed by atoms with Crippen LogP contribution in [0, 0.1) is 0 Å². The van der Waals surface area contributed by atoms with Crippen molar-refractivity contribution < 1.29 is 9.53 Å². The number of carbonyl (C=O) groups is 1. The molecule has 0 aliphatic carbocycles. The van der Waals surface area contributed by atoms with Crippen molar-refractivity contribution in [2.45, 2.75) is 38.5 Å². The summed E-state index contributed by atoms with van der Waals surface area (Å²) in [5, 5.41) is 3.77. The zero-order chi connectivity index (χ0) is 19.8. The van der Waals surface area contributed by atoms with Crippen LogP contribution in [0.3, 0.4) is 0 Å². The molecule has 1 heterocycles. The van der Waals surface area contributed by atoms with Crippen molar-refractivity contribution in [2.75, 3.05) is 12.4 Å². The fraction of sp³-hybridized carbons (Fsp3) is 0.318. The number of unbranched alkanes of at least 4 members (excludes halogenated alkanes) is 3. The van der Waals surface area contributed by atoms with Crippen LogP contribution >= 0.6 is 0 Å². The molecule has 0 saturated heterocycles. The molecule has 0 saturated carbocycles. The van der Waals surface area contributed by atoms with Crippen molar-refractivity contribution in [1.82, 2.24) is 9.97 Å². The lowest BCUT2D eigenvalue weighted by Gasteiger charge is -2.08. The van der Waals surface area contributed by atoms with Crippen LogP contribution in [-0.2, 0) is 16.0 Å². The van der Waals surface area contributed by atoms with E-state index in [1.54, 1.807) is 6.07 Å². The molecule has 0 fully saturated rings. The number of nitrogens with zero attached hydrogens (tertiary/aromatic N) is 1. The second-order valence-corrected chi connectivity index (χ2v) is 6.75. The zero-order valence-corrected chi connectivity index (χ0v) is 16.0. The third kappa shape index (κ3) is 5.42. The highest BCUT2D eigenvalue weighted by molar-refractivity contribution is 5.78. The van der Waals surface area contributed by atoms with E-state index < -0.39 is 0 Å². The van der Waals surface area contributed by atoms with E-state index in [2.05, 4.69) is 32.2 Å². The number of methoxy groups -OCH3 is 1. The van der Waals surface area contributed by atoms with Gasteiger partial charge in [0.15, 0.2) is 0 Å². The Morgan fingerprint density at radius 3 is 2.75 bits per heavy atom. The maximum atomic E-state index is 12.2. The minimum absolute atomic E-state index is 0.140. The van der Waals surface area contributed by atoms with Gasteiger partial charge in [-0.15, -0.1) is 0 Å². The molecular weight excluding hydrogens is 354 g/mol. The number of aryl methyl sites for hydroxylation is 1. The van der Waals surface area contributed by atoms with Gasteiger partial charge in [-0.3, -0.25) is 14.6 Å². The van der Waals surface area contributed by atoms with Crippen LogP contribution in [0.4, 0.5) is 11.6 Å². The number of ether oxygens (including phenoxy) is 1. The first-order valence-electron chi connectivity index (χ1n) is 9.57. The number of fused-ring (bicyclic) bond motifs is 1. The molecule has 0 radical (unpaired) electrons. The minimum Gasteiger partial charge on any atom is -0.469 e. The predicted molar refractivity (Wildman–Crippen MR) is 111 cm³/mol. The predicted octanol–water partition coefficient (Wildman–Crippen LogP) is 4.33. The van der Waals surface area contributed by atoms with E-state index >= 15 is 0 Å². The van der Waals surface area contributed by atoms with Gasteiger partial charge in [0, 0.05) is 12.1 Å². The molecule has 6 nitrogen and oxygen atoms in total. The zero-order valence-electron chi connectivity index (χ0n) is 16.0. The van der Waals surface area contributed by atoms with E-state index in [1.807, 2.05) is 30.3 Å². The molecule has 3 aromatic rings. The van der Waals surface area contributed by atoms with Crippen LogP contribution in [0.15, 0.2) is 53.3 Å². The number of hydrogen-bond donors (Lipinski definition) is 2. The highest BCUT2D eigenvalue weighted by Crippen LogP contribution is 2.18. The number of para-hydroxylation sites is 1. The summed E-state index contributed by atoms with van der Waals surface area (Å²) < 4.78 is 4.65. The van der Waals surface area contributed by atoms with Crippen LogP contribution < -0.4 is 10.9 Å². The molecule has 0 atom stereocenters. The van der Waals surface area contributed by atoms with Crippen molar-refractivity contribution in [3.05, 3.63) is 64.4 Å². The number of H-pyrrole nitrogens is 1. The van der Waals surface area contributed by atoms with Crippen molar-refractivity contribution in [2.24, 2.45) is 0 Å². The molecule has 0 amide bonds. The fourth-order valence-electron chi connectivity index (χ4n) is 3.14. The first-order valence-corrected chi connectivity index (χ1v) is 9.57. The van der Waals surface area contributed by atoms with Gasteiger partial charge < -0.3 is 10.1 Å². The summed E-state index contributed by atoms with van der Waals surface area (Å²) in [7, 11) is 1.42. The molecule has 1 aromatic heterocycles. The van der Waals surface area contributed by atoms with E-state index in [-0.39, 0.29) is 11.5 Å². The maximum absolute atomic E-state index is 12.2.